The number of nitrogens with zero attached hydrogens (tertiary/aromatic N) is 1. The van der Waals surface area contributed by atoms with Crippen LogP contribution in [0.5, 0.6) is 0 Å². The SMILES string of the molecule is CCCCCCCCCCCCCCCC(=O)C(OP(=O)(O)OCC[N+](C)(C)C)[C@H](CO)OC(=O)CCC=CC=CC=C(c1ccccc1)c1ccccc1. The summed E-state index contributed by atoms with van der Waals surface area (Å²) in [7, 11) is 1.02. The summed E-state index contributed by atoms with van der Waals surface area (Å²) in [5.41, 5.74) is 3.28. The zero-order chi connectivity index (χ0) is 40.2. The van der Waals surface area contributed by atoms with Crippen molar-refractivity contribution in [1.82, 2.24) is 0 Å². The van der Waals surface area contributed by atoms with Crippen LogP contribution in [0.4, 0.5) is 0 Å². The minimum atomic E-state index is -4.71. The number of phosphoric acid groups is 1. The molecular formula is C45H69NO8P+. The van der Waals surface area contributed by atoms with Gasteiger partial charge >= 0.3 is 13.8 Å². The van der Waals surface area contributed by atoms with E-state index in [0.29, 0.717) is 23.9 Å². The molecule has 2 N–H and O–H groups in total. The zero-order valence-electron chi connectivity index (χ0n) is 34.0. The number of quaternary nitrogens is 1. The van der Waals surface area contributed by atoms with E-state index >= 15 is 0 Å². The van der Waals surface area contributed by atoms with E-state index in [4.69, 9.17) is 13.8 Å². The van der Waals surface area contributed by atoms with Crippen LogP contribution in [0.3, 0.4) is 0 Å². The number of unbranched alkanes of at least 4 members (excludes halogenated alkanes) is 12. The molecule has 0 spiro atoms. The average molecular weight is 783 g/mol. The van der Waals surface area contributed by atoms with Gasteiger partial charge in [-0.3, -0.25) is 18.6 Å². The fourth-order valence-electron chi connectivity index (χ4n) is 6.01. The minimum Gasteiger partial charge on any atom is -0.457 e. The van der Waals surface area contributed by atoms with E-state index in [0.717, 1.165) is 36.0 Å². The van der Waals surface area contributed by atoms with Gasteiger partial charge in [-0.15, -0.1) is 0 Å². The van der Waals surface area contributed by atoms with Crippen LogP contribution in [0.25, 0.3) is 5.57 Å². The monoisotopic (exact) mass is 782 g/mol. The maximum absolute atomic E-state index is 13.4. The molecule has 0 saturated heterocycles. The summed E-state index contributed by atoms with van der Waals surface area (Å²) in [4.78, 5) is 36.7. The Labute approximate surface area is 331 Å². The first-order chi connectivity index (χ1) is 26.5. The Morgan fingerprint density at radius 2 is 1.27 bits per heavy atom. The average Bonchev–Trinajstić information content (AvgIpc) is 3.16. The first kappa shape index (κ1) is 48.0. The predicted octanol–water partition coefficient (Wildman–Crippen LogP) is 10.2. The highest BCUT2D eigenvalue weighted by molar-refractivity contribution is 7.47. The molecule has 0 aromatic heterocycles. The van der Waals surface area contributed by atoms with Crippen LogP contribution in [-0.4, -0.2) is 79.3 Å². The Morgan fingerprint density at radius 1 is 0.745 bits per heavy atom. The van der Waals surface area contributed by atoms with Gasteiger partial charge in [0.05, 0.1) is 27.7 Å². The highest BCUT2D eigenvalue weighted by atomic mass is 31.2. The number of allylic oxidation sites excluding steroid dienone is 5. The number of carbonyl (C=O) groups is 2. The Balaban J connectivity index is 1.91. The number of ether oxygens (including phenoxy) is 1. The van der Waals surface area contributed by atoms with Crippen molar-refractivity contribution in [1.29, 1.82) is 0 Å². The second-order valence-electron chi connectivity index (χ2n) is 15.2. The van der Waals surface area contributed by atoms with Crippen molar-refractivity contribution in [3.63, 3.8) is 0 Å². The Morgan fingerprint density at radius 3 is 1.78 bits per heavy atom. The van der Waals surface area contributed by atoms with Crippen LogP contribution in [0.1, 0.15) is 121 Å². The summed E-state index contributed by atoms with van der Waals surface area (Å²) in [6.07, 6.45) is 21.8. The van der Waals surface area contributed by atoms with Gasteiger partial charge in [0.25, 0.3) is 0 Å². The molecule has 2 aromatic carbocycles. The van der Waals surface area contributed by atoms with Gasteiger partial charge in [0, 0.05) is 12.8 Å². The van der Waals surface area contributed by atoms with Crippen LogP contribution in [0.15, 0.2) is 91.0 Å². The third-order valence-corrected chi connectivity index (χ3v) is 10.2. The number of hydrogen-bond donors (Lipinski definition) is 2. The van der Waals surface area contributed by atoms with E-state index in [2.05, 4.69) is 31.2 Å². The van der Waals surface area contributed by atoms with Crippen molar-refractivity contribution >= 4 is 25.1 Å². The Hall–Kier alpha value is -3.17. The number of aliphatic hydroxyl groups is 1. The molecule has 306 valence electrons. The lowest BCUT2D eigenvalue weighted by Gasteiger charge is -2.27. The molecule has 2 rings (SSSR count). The Bertz CT molecular complexity index is 1430. The second kappa shape index (κ2) is 28.3. The maximum atomic E-state index is 13.4. The largest absolute Gasteiger partial charge is 0.473 e. The highest BCUT2D eigenvalue weighted by Crippen LogP contribution is 2.45. The third kappa shape index (κ3) is 22.8. The fraction of sp³-hybridized carbons (Fsp3) is 0.556. The van der Waals surface area contributed by atoms with Gasteiger partial charge in [0.1, 0.15) is 13.2 Å². The number of rotatable bonds is 31. The van der Waals surface area contributed by atoms with Gasteiger partial charge in [-0.1, -0.05) is 175 Å². The van der Waals surface area contributed by atoms with Crippen molar-refractivity contribution in [3.05, 3.63) is 102 Å². The first-order valence-corrected chi connectivity index (χ1v) is 21.9. The summed E-state index contributed by atoms with van der Waals surface area (Å²) in [5.74, 6) is -1.17. The molecule has 55 heavy (non-hydrogen) atoms. The number of likely N-dealkylation sites (N-methyl/N-ethyl adjacent to an activating group) is 1. The van der Waals surface area contributed by atoms with Crippen LogP contribution >= 0.6 is 7.82 Å². The Kier molecular flexibility index (Phi) is 24.7. The summed E-state index contributed by atoms with van der Waals surface area (Å²) in [6, 6.07) is 20.2. The molecule has 10 heteroatoms. The summed E-state index contributed by atoms with van der Waals surface area (Å²) < 4.78 is 29.4. The predicted molar refractivity (Wildman–Crippen MR) is 223 cm³/mol. The van der Waals surface area contributed by atoms with Gasteiger partial charge in [-0.05, 0) is 29.5 Å². The van der Waals surface area contributed by atoms with Crippen molar-refractivity contribution < 1.29 is 42.4 Å². The zero-order valence-corrected chi connectivity index (χ0v) is 34.9. The van der Waals surface area contributed by atoms with Crippen LogP contribution in [-0.2, 0) is 27.9 Å². The van der Waals surface area contributed by atoms with Gasteiger partial charge in [0.2, 0.25) is 0 Å². The number of Topliss-reactive ketones (excluding diaryl/α,β-unsaturated/α-hetero) is 1. The molecule has 0 aliphatic carbocycles. The van der Waals surface area contributed by atoms with Crippen molar-refractivity contribution in [3.8, 4) is 0 Å². The molecule has 2 unspecified atom stereocenters. The second-order valence-corrected chi connectivity index (χ2v) is 16.6. The molecule has 0 amide bonds. The van der Waals surface area contributed by atoms with Crippen LogP contribution in [0.2, 0.25) is 0 Å². The number of benzene rings is 2. The van der Waals surface area contributed by atoms with E-state index in [1.807, 2.05) is 87.9 Å². The number of ketones is 1. The normalized spacial score (nSPS) is 14.1. The number of esters is 1. The number of hydrogen-bond acceptors (Lipinski definition) is 7. The molecule has 0 saturated carbocycles. The smallest absolute Gasteiger partial charge is 0.457 e. The highest BCUT2D eigenvalue weighted by Gasteiger charge is 2.38. The standard InChI is InChI=1S/C45H68NO8P/c1-5-6-7-8-9-10-11-12-13-14-15-18-27-34-42(48)45(54-55(50,51)52-37-36-46(2,3)4)43(38-47)53-44(49)35-28-19-16-17-26-33-41(39-29-22-20-23-30-39)40-31-24-21-25-32-40/h16-17,19-26,29-33,43,45,47H,5-15,18,27-28,34-38H2,1-4H3/p+1/t43-,45?/m0/s1. The fourth-order valence-corrected chi connectivity index (χ4v) is 6.92. The van der Waals surface area contributed by atoms with E-state index < -0.39 is 38.4 Å². The summed E-state index contributed by atoms with van der Waals surface area (Å²) in [5, 5.41) is 10.2. The van der Waals surface area contributed by atoms with Gasteiger partial charge in [-0.2, -0.15) is 0 Å². The van der Waals surface area contributed by atoms with Crippen molar-refractivity contribution in [2.24, 2.45) is 0 Å². The summed E-state index contributed by atoms with van der Waals surface area (Å²) >= 11 is 0. The van der Waals surface area contributed by atoms with Crippen molar-refractivity contribution in [2.75, 3.05) is 40.9 Å². The lowest BCUT2D eigenvalue weighted by atomic mass is 9.97. The lowest BCUT2D eigenvalue weighted by Crippen LogP contribution is -2.42. The molecule has 0 heterocycles. The molecule has 0 aliphatic heterocycles. The molecule has 0 fully saturated rings. The molecule has 2 aromatic rings. The molecule has 9 nitrogen and oxygen atoms in total. The molecule has 0 radical (unpaired) electrons. The molecule has 0 aliphatic rings. The van der Waals surface area contributed by atoms with Crippen LogP contribution in [0, 0.1) is 0 Å². The van der Waals surface area contributed by atoms with E-state index in [9.17, 15) is 24.2 Å². The van der Waals surface area contributed by atoms with Gasteiger partial charge < -0.3 is 19.2 Å². The number of phosphoric ester groups is 1. The molecule has 3 atom stereocenters. The topological polar surface area (TPSA) is 119 Å². The lowest BCUT2D eigenvalue weighted by molar-refractivity contribution is -0.870. The van der Waals surface area contributed by atoms with Gasteiger partial charge in [-0.25, -0.2) is 4.57 Å². The third-order valence-electron chi connectivity index (χ3n) is 9.21. The van der Waals surface area contributed by atoms with E-state index in [1.54, 1.807) is 0 Å². The van der Waals surface area contributed by atoms with Gasteiger partial charge in [0.15, 0.2) is 18.0 Å². The molecule has 0 bridgehead atoms. The first-order valence-electron chi connectivity index (χ1n) is 20.4. The number of aliphatic hydroxyl groups excluding tert-OH is 1. The quantitative estimate of drug-likeness (QED) is 0.0255. The van der Waals surface area contributed by atoms with Crippen molar-refractivity contribution in [2.45, 2.75) is 122 Å². The maximum Gasteiger partial charge on any atom is 0.473 e. The van der Waals surface area contributed by atoms with Crippen LogP contribution < -0.4 is 0 Å². The summed E-state index contributed by atoms with van der Waals surface area (Å²) in [6.45, 7) is 1.81. The molecular weight excluding hydrogens is 713 g/mol. The minimum absolute atomic E-state index is 0.0213. The van der Waals surface area contributed by atoms with E-state index in [-0.39, 0.29) is 19.4 Å². The van der Waals surface area contributed by atoms with E-state index in [1.165, 1.54) is 57.8 Å². The number of carbonyl (C=O) groups excluding carboxylic acids is 2.